The van der Waals surface area contributed by atoms with Crippen LogP contribution < -0.4 is 0 Å². The van der Waals surface area contributed by atoms with E-state index in [1.807, 2.05) is 6.07 Å². The van der Waals surface area contributed by atoms with Crippen LogP contribution in [0.2, 0.25) is 0 Å². The van der Waals surface area contributed by atoms with E-state index in [2.05, 4.69) is 31.2 Å². The molecule has 1 aromatic carbocycles. The van der Waals surface area contributed by atoms with Gasteiger partial charge in [-0.25, -0.2) is 0 Å². The summed E-state index contributed by atoms with van der Waals surface area (Å²) in [5.41, 5.74) is 1.21. The fraction of sp³-hybridized carbons (Fsp3) is 0.500. The van der Waals surface area contributed by atoms with Crippen molar-refractivity contribution in [1.82, 2.24) is 0 Å². The minimum Gasteiger partial charge on any atom is -0.364 e. The summed E-state index contributed by atoms with van der Waals surface area (Å²) in [6.07, 6.45) is 8.01. The van der Waals surface area contributed by atoms with Crippen LogP contribution in [-0.4, -0.2) is 6.10 Å². The molecule has 1 fully saturated rings. The Hall–Kier alpha value is -0.820. The van der Waals surface area contributed by atoms with Gasteiger partial charge in [-0.3, -0.25) is 0 Å². The Bertz CT molecular complexity index is 275. The average molecular weight is 203 g/mol. The van der Waals surface area contributed by atoms with Gasteiger partial charge in [0.2, 0.25) is 0 Å². The lowest BCUT2D eigenvalue weighted by molar-refractivity contribution is 0.0515. The van der Waals surface area contributed by atoms with E-state index in [-0.39, 0.29) is 0 Å². The quantitative estimate of drug-likeness (QED) is 0.723. The van der Waals surface area contributed by atoms with Crippen molar-refractivity contribution < 1.29 is 4.74 Å². The van der Waals surface area contributed by atoms with Crippen LogP contribution in [0.25, 0.3) is 0 Å². The molecule has 1 heteroatoms. The third-order valence-corrected chi connectivity index (χ3v) is 3.08. The van der Waals surface area contributed by atoms with E-state index in [0.717, 1.165) is 6.10 Å². The van der Waals surface area contributed by atoms with E-state index < -0.39 is 0 Å². The van der Waals surface area contributed by atoms with Crippen molar-refractivity contribution in [3.8, 4) is 0 Å². The molecular weight excluding hydrogens is 184 g/mol. The molecule has 0 spiro atoms. The molecule has 15 heavy (non-hydrogen) atoms. The van der Waals surface area contributed by atoms with Crippen molar-refractivity contribution in [3.63, 3.8) is 0 Å². The highest BCUT2D eigenvalue weighted by Gasteiger charge is 2.17. The zero-order valence-electron chi connectivity index (χ0n) is 9.41. The first-order chi connectivity index (χ1) is 7.36. The molecule has 0 atom stereocenters. The van der Waals surface area contributed by atoms with Gasteiger partial charge in [-0.1, -0.05) is 49.6 Å². The summed E-state index contributed by atoms with van der Waals surface area (Å²) in [7, 11) is 0. The van der Waals surface area contributed by atoms with Gasteiger partial charge in [0, 0.05) is 0 Å². The molecule has 1 aliphatic carbocycles. The van der Waals surface area contributed by atoms with Gasteiger partial charge in [0.25, 0.3) is 0 Å². The van der Waals surface area contributed by atoms with E-state index in [9.17, 15) is 0 Å². The van der Waals surface area contributed by atoms with Gasteiger partial charge in [0.05, 0.1) is 6.10 Å². The topological polar surface area (TPSA) is 9.23 Å². The molecule has 0 heterocycles. The summed E-state index contributed by atoms with van der Waals surface area (Å²) in [6, 6.07) is 10.4. The summed E-state index contributed by atoms with van der Waals surface area (Å²) in [5.74, 6) is 0. The van der Waals surface area contributed by atoms with E-state index in [1.165, 1.54) is 37.7 Å². The van der Waals surface area contributed by atoms with Gasteiger partial charge in [0.15, 0.2) is 0 Å². The van der Waals surface area contributed by atoms with E-state index >= 15 is 0 Å². The monoisotopic (exact) mass is 203 g/mol. The van der Waals surface area contributed by atoms with Crippen LogP contribution in [0.1, 0.15) is 44.6 Å². The minimum absolute atomic E-state index is 0.457. The molecule has 0 aliphatic heterocycles. The summed E-state index contributed by atoms with van der Waals surface area (Å²) in [4.78, 5) is 0. The predicted octanol–water partition coefficient (Wildman–Crippen LogP) is 3.94. The van der Waals surface area contributed by atoms with E-state index in [4.69, 9.17) is 4.74 Å². The first-order valence-corrected chi connectivity index (χ1v) is 5.92. The predicted molar refractivity (Wildman–Crippen MR) is 62.4 cm³/mol. The Kier molecular flexibility index (Phi) is 3.79. The van der Waals surface area contributed by atoms with Crippen LogP contribution in [0, 0.1) is 6.10 Å². The maximum absolute atomic E-state index is 5.99. The summed E-state index contributed by atoms with van der Waals surface area (Å²) >= 11 is 0. The standard InChI is InChI=1S/C14H19O/c1-12(13-8-4-2-5-9-13)15-14-10-6-3-7-11-14/h2,4-5,8-9,14H,3,6-7,10-11H2,1H3. The smallest absolute Gasteiger partial charge is 0.123 e. The molecule has 0 amide bonds. The second-order valence-corrected chi connectivity index (χ2v) is 4.30. The Balaban J connectivity index is 1.88. The minimum atomic E-state index is 0.457. The molecule has 81 valence electrons. The van der Waals surface area contributed by atoms with Gasteiger partial charge in [-0.2, -0.15) is 0 Å². The summed E-state index contributed by atoms with van der Waals surface area (Å²) in [5, 5.41) is 0. The zero-order chi connectivity index (χ0) is 10.5. The van der Waals surface area contributed by atoms with Crippen molar-refractivity contribution in [2.45, 2.75) is 45.1 Å². The Morgan fingerprint density at radius 2 is 1.73 bits per heavy atom. The molecule has 2 rings (SSSR count). The maximum atomic E-state index is 5.99. The molecule has 1 aliphatic rings. The number of hydrogen-bond donors (Lipinski definition) is 0. The number of hydrogen-bond acceptors (Lipinski definition) is 1. The van der Waals surface area contributed by atoms with E-state index in [1.54, 1.807) is 0 Å². The molecule has 1 nitrogen and oxygen atoms in total. The summed E-state index contributed by atoms with van der Waals surface area (Å²) in [6.45, 7) is 2.07. The highest BCUT2D eigenvalue weighted by atomic mass is 16.5. The molecule has 0 N–H and O–H groups in total. The first kappa shape index (κ1) is 10.7. The molecule has 0 unspecified atom stereocenters. The molecule has 1 radical (unpaired) electrons. The van der Waals surface area contributed by atoms with Crippen molar-refractivity contribution in [3.05, 3.63) is 42.0 Å². The number of benzene rings is 1. The second kappa shape index (κ2) is 5.32. The van der Waals surface area contributed by atoms with Crippen LogP contribution in [0.5, 0.6) is 0 Å². The molecule has 1 saturated carbocycles. The molecule has 1 aromatic rings. The van der Waals surface area contributed by atoms with Crippen LogP contribution in [0.15, 0.2) is 30.3 Å². The van der Waals surface area contributed by atoms with Gasteiger partial charge < -0.3 is 4.74 Å². The van der Waals surface area contributed by atoms with Crippen molar-refractivity contribution >= 4 is 0 Å². The highest BCUT2D eigenvalue weighted by Crippen LogP contribution is 2.25. The lowest BCUT2D eigenvalue weighted by Gasteiger charge is -2.25. The normalized spacial score (nSPS) is 18.3. The SMILES string of the molecule is C[C](OC1CCCCC1)c1ccccc1. The maximum Gasteiger partial charge on any atom is 0.123 e. The lowest BCUT2D eigenvalue weighted by atomic mass is 9.97. The van der Waals surface area contributed by atoms with E-state index in [0.29, 0.717) is 6.10 Å². The zero-order valence-corrected chi connectivity index (χ0v) is 9.41. The Morgan fingerprint density at radius 3 is 2.40 bits per heavy atom. The average Bonchev–Trinajstić information content (AvgIpc) is 2.31. The van der Waals surface area contributed by atoms with Gasteiger partial charge in [0.1, 0.15) is 6.10 Å². The van der Waals surface area contributed by atoms with Crippen molar-refractivity contribution in [2.24, 2.45) is 0 Å². The molecular formula is C14H19O. The Labute approximate surface area is 92.5 Å². The largest absolute Gasteiger partial charge is 0.364 e. The molecule has 0 aromatic heterocycles. The fourth-order valence-corrected chi connectivity index (χ4v) is 2.17. The van der Waals surface area contributed by atoms with Crippen LogP contribution >= 0.6 is 0 Å². The van der Waals surface area contributed by atoms with Gasteiger partial charge in [-0.15, -0.1) is 0 Å². The van der Waals surface area contributed by atoms with Crippen LogP contribution in [0.4, 0.5) is 0 Å². The Morgan fingerprint density at radius 1 is 1.07 bits per heavy atom. The van der Waals surface area contributed by atoms with Crippen molar-refractivity contribution in [1.29, 1.82) is 0 Å². The third-order valence-electron chi connectivity index (χ3n) is 3.08. The van der Waals surface area contributed by atoms with Gasteiger partial charge >= 0.3 is 0 Å². The molecule has 0 saturated heterocycles. The lowest BCUT2D eigenvalue weighted by Crippen LogP contribution is -2.18. The van der Waals surface area contributed by atoms with Crippen molar-refractivity contribution in [2.75, 3.05) is 0 Å². The highest BCUT2D eigenvalue weighted by molar-refractivity contribution is 5.25. The fourth-order valence-electron chi connectivity index (χ4n) is 2.17. The number of ether oxygens (including phenoxy) is 1. The first-order valence-electron chi connectivity index (χ1n) is 5.92. The van der Waals surface area contributed by atoms with Crippen LogP contribution in [0.3, 0.4) is 0 Å². The second-order valence-electron chi connectivity index (χ2n) is 4.30. The summed E-state index contributed by atoms with van der Waals surface area (Å²) < 4.78 is 5.99. The molecule has 0 bridgehead atoms. The number of rotatable bonds is 3. The third kappa shape index (κ3) is 3.07. The van der Waals surface area contributed by atoms with Gasteiger partial charge in [-0.05, 0) is 25.3 Å². The van der Waals surface area contributed by atoms with Crippen LogP contribution in [-0.2, 0) is 4.74 Å².